The number of carbonyl (C=O) groups is 2. The van der Waals surface area contributed by atoms with Gasteiger partial charge in [0.15, 0.2) is 16.5 Å². The molecule has 2 heterocycles. The number of fused-ring (bicyclic) bond motifs is 2. The molecule has 0 aliphatic heterocycles. The number of Topliss-reactive ketones (excluding diaryl/α,β-unsaturated/α-hetero) is 1. The van der Waals surface area contributed by atoms with E-state index in [9.17, 15) is 14.4 Å². The Morgan fingerprint density at radius 1 is 1.29 bits per heavy atom. The second-order valence-electron chi connectivity index (χ2n) is 7.87. The van der Waals surface area contributed by atoms with Crippen LogP contribution >= 0.6 is 11.3 Å². The van der Waals surface area contributed by atoms with Crippen LogP contribution in [-0.4, -0.2) is 21.2 Å². The number of amides is 1. The SMILES string of the molecule is CC1(C)CC(=O)c2sc(NC(=O)CCCn3c(=O)oc4ccccc43)nc2C1. The van der Waals surface area contributed by atoms with Gasteiger partial charge >= 0.3 is 5.76 Å². The first-order valence-electron chi connectivity index (χ1n) is 9.23. The number of nitrogens with one attached hydrogen (secondary N) is 1. The number of hydrogen-bond donors (Lipinski definition) is 1. The minimum absolute atomic E-state index is 0.0930. The number of thiazole rings is 1. The van der Waals surface area contributed by atoms with Gasteiger partial charge in [-0.05, 0) is 30.4 Å². The topological polar surface area (TPSA) is 94.2 Å². The fraction of sp³-hybridized carbons (Fsp3) is 0.400. The Bertz CT molecular complexity index is 1120. The maximum absolute atomic E-state index is 12.3. The zero-order valence-electron chi connectivity index (χ0n) is 15.8. The zero-order valence-corrected chi connectivity index (χ0v) is 16.6. The number of oxazole rings is 1. The lowest BCUT2D eigenvalue weighted by Crippen LogP contribution is -2.26. The van der Waals surface area contributed by atoms with Crippen molar-refractivity contribution in [3.8, 4) is 0 Å². The predicted molar refractivity (Wildman–Crippen MR) is 107 cm³/mol. The van der Waals surface area contributed by atoms with Crippen molar-refractivity contribution in [2.75, 3.05) is 5.32 Å². The lowest BCUT2D eigenvalue weighted by molar-refractivity contribution is -0.116. The molecule has 3 aromatic rings. The van der Waals surface area contributed by atoms with Crippen molar-refractivity contribution in [3.05, 3.63) is 45.4 Å². The summed E-state index contributed by atoms with van der Waals surface area (Å²) in [6.07, 6.45) is 1.97. The van der Waals surface area contributed by atoms with Crippen molar-refractivity contribution in [2.24, 2.45) is 5.41 Å². The summed E-state index contributed by atoms with van der Waals surface area (Å²) in [5, 5.41) is 3.25. The van der Waals surface area contributed by atoms with E-state index in [1.807, 2.05) is 32.0 Å². The quantitative estimate of drug-likeness (QED) is 0.707. The van der Waals surface area contributed by atoms with Crippen LogP contribution < -0.4 is 11.1 Å². The Kier molecular flexibility index (Phi) is 4.66. The van der Waals surface area contributed by atoms with Crippen molar-refractivity contribution >= 4 is 39.3 Å². The number of anilines is 1. The van der Waals surface area contributed by atoms with E-state index in [2.05, 4.69) is 10.3 Å². The molecule has 8 heteroatoms. The molecule has 0 radical (unpaired) electrons. The molecule has 1 aromatic carbocycles. The largest absolute Gasteiger partial charge is 0.419 e. The molecule has 0 bridgehead atoms. The van der Waals surface area contributed by atoms with Crippen LogP contribution in [0, 0.1) is 5.41 Å². The molecule has 1 amide bonds. The molecule has 7 nitrogen and oxygen atoms in total. The predicted octanol–water partition coefficient (Wildman–Crippen LogP) is 3.63. The molecule has 0 saturated heterocycles. The number of ketones is 1. The van der Waals surface area contributed by atoms with Crippen molar-refractivity contribution < 1.29 is 14.0 Å². The van der Waals surface area contributed by atoms with Gasteiger partial charge < -0.3 is 9.73 Å². The van der Waals surface area contributed by atoms with E-state index in [-0.39, 0.29) is 23.5 Å². The van der Waals surface area contributed by atoms with E-state index >= 15 is 0 Å². The number of rotatable bonds is 5. The van der Waals surface area contributed by atoms with Gasteiger partial charge in [-0.3, -0.25) is 14.2 Å². The third-order valence-corrected chi connectivity index (χ3v) is 5.90. The van der Waals surface area contributed by atoms with Gasteiger partial charge in [-0.2, -0.15) is 0 Å². The molecule has 0 unspecified atom stereocenters. The fourth-order valence-electron chi connectivity index (χ4n) is 3.58. The normalized spacial score (nSPS) is 15.6. The van der Waals surface area contributed by atoms with Crippen LogP contribution in [0.15, 0.2) is 33.5 Å². The van der Waals surface area contributed by atoms with E-state index in [1.165, 1.54) is 15.9 Å². The smallest absolute Gasteiger partial charge is 0.408 e. The molecular weight excluding hydrogens is 378 g/mol. The summed E-state index contributed by atoms with van der Waals surface area (Å²) < 4.78 is 6.73. The second kappa shape index (κ2) is 7.01. The van der Waals surface area contributed by atoms with Crippen LogP contribution in [0.3, 0.4) is 0 Å². The van der Waals surface area contributed by atoms with Crippen LogP contribution in [0.2, 0.25) is 0 Å². The Morgan fingerprint density at radius 3 is 2.89 bits per heavy atom. The Morgan fingerprint density at radius 2 is 2.07 bits per heavy atom. The molecule has 0 spiro atoms. The van der Waals surface area contributed by atoms with Crippen LogP contribution in [0.1, 0.15) is 48.5 Å². The first-order valence-corrected chi connectivity index (χ1v) is 10.1. The zero-order chi connectivity index (χ0) is 19.9. The minimum Gasteiger partial charge on any atom is -0.408 e. The second-order valence-corrected chi connectivity index (χ2v) is 8.87. The number of para-hydroxylation sites is 2. The van der Waals surface area contributed by atoms with Gasteiger partial charge in [-0.15, -0.1) is 0 Å². The van der Waals surface area contributed by atoms with Crippen molar-refractivity contribution in [3.63, 3.8) is 0 Å². The number of carbonyl (C=O) groups excluding carboxylic acids is 2. The summed E-state index contributed by atoms with van der Waals surface area (Å²) in [5.74, 6) is -0.510. The van der Waals surface area contributed by atoms with Gasteiger partial charge in [-0.1, -0.05) is 37.3 Å². The third-order valence-electron chi connectivity index (χ3n) is 4.84. The summed E-state index contributed by atoms with van der Waals surface area (Å²) in [5.41, 5.74) is 1.94. The highest BCUT2D eigenvalue weighted by Crippen LogP contribution is 2.38. The fourth-order valence-corrected chi connectivity index (χ4v) is 4.51. The summed E-state index contributed by atoms with van der Waals surface area (Å²) in [6.45, 7) is 4.49. The average molecular weight is 399 g/mol. The van der Waals surface area contributed by atoms with E-state index in [4.69, 9.17) is 4.42 Å². The summed E-state index contributed by atoms with van der Waals surface area (Å²) in [7, 11) is 0. The summed E-state index contributed by atoms with van der Waals surface area (Å²) in [6, 6.07) is 7.21. The molecule has 1 N–H and O–H groups in total. The maximum atomic E-state index is 12.3. The van der Waals surface area contributed by atoms with E-state index in [0.717, 1.165) is 17.6 Å². The number of nitrogens with zero attached hydrogens (tertiary/aromatic N) is 2. The lowest BCUT2D eigenvalue weighted by atomic mass is 9.78. The van der Waals surface area contributed by atoms with Gasteiger partial charge in [0.2, 0.25) is 5.91 Å². The molecule has 1 aliphatic carbocycles. The standard InChI is InChI=1S/C20H21N3O4S/c1-20(2)10-12-17(14(24)11-20)28-18(21-12)22-16(25)8-5-9-23-13-6-3-4-7-15(13)27-19(23)26/h3-4,6-7H,5,8-11H2,1-2H3,(H,21,22,25). The van der Waals surface area contributed by atoms with Gasteiger partial charge in [0, 0.05) is 19.4 Å². The van der Waals surface area contributed by atoms with Gasteiger partial charge in [-0.25, -0.2) is 9.78 Å². The third kappa shape index (κ3) is 3.64. The molecule has 0 atom stereocenters. The number of benzene rings is 1. The van der Waals surface area contributed by atoms with E-state index in [1.54, 1.807) is 6.07 Å². The monoisotopic (exact) mass is 399 g/mol. The molecule has 4 rings (SSSR count). The number of aryl methyl sites for hydroxylation is 1. The molecule has 2 aromatic heterocycles. The first kappa shape index (κ1) is 18.6. The molecule has 1 aliphatic rings. The first-order chi connectivity index (χ1) is 13.3. The number of hydrogen-bond acceptors (Lipinski definition) is 6. The molecule has 28 heavy (non-hydrogen) atoms. The van der Waals surface area contributed by atoms with Crippen molar-refractivity contribution in [2.45, 2.75) is 46.1 Å². The van der Waals surface area contributed by atoms with E-state index in [0.29, 0.717) is 35.0 Å². The van der Waals surface area contributed by atoms with Gasteiger partial charge in [0.25, 0.3) is 0 Å². The summed E-state index contributed by atoms with van der Waals surface area (Å²) in [4.78, 5) is 41.6. The van der Waals surface area contributed by atoms with Crippen molar-refractivity contribution in [1.82, 2.24) is 9.55 Å². The Labute approximate surface area is 165 Å². The Hall–Kier alpha value is -2.74. The summed E-state index contributed by atoms with van der Waals surface area (Å²) >= 11 is 1.25. The van der Waals surface area contributed by atoms with Crippen molar-refractivity contribution in [1.29, 1.82) is 0 Å². The van der Waals surface area contributed by atoms with Crippen LogP contribution in [0.25, 0.3) is 11.1 Å². The van der Waals surface area contributed by atoms with Crippen LogP contribution in [0.5, 0.6) is 0 Å². The van der Waals surface area contributed by atoms with Crippen LogP contribution in [-0.2, 0) is 17.8 Å². The number of aromatic nitrogens is 2. The van der Waals surface area contributed by atoms with E-state index < -0.39 is 5.76 Å². The highest BCUT2D eigenvalue weighted by molar-refractivity contribution is 7.17. The maximum Gasteiger partial charge on any atom is 0.419 e. The highest BCUT2D eigenvalue weighted by Gasteiger charge is 2.34. The van der Waals surface area contributed by atoms with Crippen LogP contribution in [0.4, 0.5) is 5.13 Å². The highest BCUT2D eigenvalue weighted by atomic mass is 32.1. The molecule has 0 fully saturated rings. The molecule has 0 saturated carbocycles. The Balaban J connectivity index is 1.37. The van der Waals surface area contributed by atoms with Gasteiger partial charge in [0.05, 0.1) is 16.1 Å². The molecular formula is C20H21N3O4S. The lowest BCUT2D eigenvalue weighted by Gasteiger charge is -2.26. The molecule has 146 valence electrons. The average Bonchev–Trinajstić information content (AvgIpc) is 3.14. The minimum atomic E-state index is -0.421. The van der Waals surface area contributed by atoms with Gasteiger partial charge in [0.1, 0.15) is 0 Å².